The number of sulfone groups is 1. The van der Waals surface area contributed by atoms with Crippen LogP contribution in [0.25, 0.3) is 11.1 Å². The summed E-state index contributed by atoms with van der Waals surface area (Å²) in [5, 5.41) is 7.01. The molecule has 0 spiro atoms. The van der Waals surface area contributed by atoms with E-state index in [9.17, 15) is 13.2 Å². The molecule has 36 heavy (non-hydrogen) atoms. The SMILES string of the molecule is Cc1ccc(C(=O)Nc2cccc(C(C)Oc3cc(-c4cnn(C)c4)cnc3N)c2)cc1S(C)(=O)=O. The molecule has 4 rings (SSSR count). The number of aromatic nitrogens is 3. The molecule has 0 bridgehead atoms. The van der Waals surface area contributed by atoms with E-state index in [1.54, 1.807) is 54.3 Å². The van der Waals surface area contributed by atoms with Crippen molar-refractivity contribution in [3.8, 4) is 16.9 Å². The first-order valence-corrected chi connectivity index (χ1v) is 13.0. The molecule has 1 unspecified atom stereocenters. The maximum Gasteiger partial charge on any atom is 0.255 e. The summed E-state index contributed by atoms with van der Waals surface area (Å²) in [4.78, 5) is 17.2. The number of carbonyl (C=O) groups excluding carboxylic acids is 1. The summed E-state index contributed by atoms with van der Waals surface area (Å²) >= 11 is 0. The van der Waals surface area contributed by atoms with E-state index in [0.717, 1.165) is 22.9 Å². The number of ether oxygens (including phenoxy) is 1. The zero-order valence-electron chi connectivity index (χ0n) is 20.4. The number of nitrogens with one attached hydrogen (secondary N) is 1. The fourth-order valence-electron chi connectivity index (χ4n) is 3.75. The van der Waals surface area contributed by atoms with E-state index in [-0.39, 0.29) is 16.3 Å². The van der Waals surface area contributed by atoms with Crippen LogP contribution in [-0.4, -0.2) is 35.3 Å². The molecule has 10 heteroatoms. The molecular weight excluding hydrogens is 478 g/mol. The molecule has 2 heterocycles. The molecular formula is C26H27N5O4S. The average molecular weight is 506 g/mol. The largest absolute Gasteiger partial charge is 0.482 e. The number of anilines is 2. The highest BCUT2D eigenvalue weighted by molar-refractivity contribution is 7.90. The minimum absolute atomic E-state index is 0.130. The number of amides is 1. The lowest BCUT2D eigenvalue weighted by Gasteiger charge is -2.18. The van der Waals surface area contributed by atoms with Crippen LogP contribution in [0.5, 0.6) is 5.75 Å². The highest BCUT2D eigenvalue weighted by atomic mass is 32.2. The van der Waals surface area contributed by atoms with Gasteiger partial charge in [-0.25, -0.2) is 13.4 Å². The number of nitrogens with two attached hydrogens (primary N) is 1. The van der Waals surface area contributed by atoms with Crippen molar-refractivity contribution in [2.24, 2.45) is 7.05 Å². The van der Waals surface area contributed by atoms with Gasteiger partial charge in [0.05, 0.1) is 11.1 Å². The molecule has 1 amide bonds. The van der Waals surface area contributed by atoms with E-state index < -0.39 is 21.8 Å². The molecule has 0 aliphatic carbocycles. The zero-order valence-corrected chi connectivity index (χ0v) is 21.2. The van der Waals surface area contributed by atoms with Gasteiger partial charge in [0, 0.05) is 48.1 Å². The van der Waals surface area contributed by atoms with E-state index in [1.807, 2.05) is 32.3 Å². The standard InChI is InChI=1S/C26H27N5O4S/c1-16-8-9-19(12-24(16)36(4,33)34)26(32)30-22-7-5-6-18(10-22)17(2)35-23-11-20(13-28-25(23)27)21-14-29-31(3)15-21/h5-15,17H,1-4H3,(H2,27,28)(H,30,32). The molecule has 3 N–H and O–H groups in total. The number of nitrogen functional groups attached to an aromatic ring is 1. The normalized spacial score (nSPS) is 12.2. The molecule has 2 aromatic heterocycles. The zero-order chi connectivity index (χ0) is 26.0. The molecule has 2 aromatic carbocycles. The minimum atomic E-state index is -3.45. The third-order valence-electron chi connectivity index (χ3n) is 5.69. The predicted molar refractivity (Wildman–Crippen MR) is 139 cm³/mol. The summed E-state index contributed by atoms with van der Waals surface area (Å²) in [5.41, 5.74) is 9.96. The summed E-state index contributed by atoms with van der Waals surface area (Å²) in [5.74, 6) is 0.287. The number of aryl methyl sites for hydroxylation is 2. The smallest absolute Gasteiger partial charge is 0.255 e. The number of rotatable bonds is 7. The van der Waals surface area contributed by atoms with Crippen LogP contribution in [0.2, 0.25) is 0 Å². The van der Waals surface area contributed by atoms with Crippen LogP contribution in [0.4, 0.5) is 11.5 Å². The van der Waals surface area contributed by atoms with Crippen LogP contribution < -0.4 is 15.8 Å². The predicted octanol–water partition coefficient (Wildman–Crippen LogP) is 4.17. The van der Waals surface area contributed by atoms with Gasteiger partial charge < -0.3 is 15.8 Å². The Labute approximate surface area is 209 Å². The summed E-state index contributed by atoms with van der Waals surface area (Å²) in [6, 6.07) is 13.6. The molecule has 0 radical (unpaired) electrons. The second-order valence-electron chi connectivity index (χ2n) is 8.60. The van der Waals surface area contributed by atoms with Gasteiger partial charge in [0.15, 0.2) is 21.4 Å². The lowest BCUT2D eigenvalue weighted by molar-refractivity contribution is 0.102. The third kappa shape index (κ3) is 5.55. The second-order valence-corrected chi connectivity index (χ2v) is 10.6. The Morgan fingerprint density at radius 1 is 1.11 bits per heavy atom. The number of benzene rings is 2. The molecule has 0 aliphatic heterocycles. The van der Waals surface area contributed by atoms with Gasteiger partial charge in [0.2, 0.25) is 0 Å². The Balaban J connectivity index is 1.52. The summed E-state index contributed by atoms with van der Waals surface area (Å²) < 4.78 is 31.9. The number of hydrogen-bond acceptors (Lipinski definition) is 7. The highest BCUT2D eigenvalue weighted by Crippen LogP contribution is 2.31. The van der Waals surface area contributed by atoms with Crippen LogP contribution >= 0.6 is 0 Å². The molecule has 1 atom stereocenters. The third-order valence-corrected chi connectivity index (χ3v) is 6.93. The van der Waals surface area contributed by atoms with Crippen molar-refractivity contribution < 1.29 is 17.9 Å². The van der Waals surface area contributed by atoms with Crippen molar-refractivity contribution in [1.29, 1.82) is 0 Å². The van der Waals surface area contributed by atoms with Crippen LogP contribution in [-0.2, 0) is 16.9 Å². The van der Waals surface area contributed by atoms with Crippen LogP contribution in [0.3, 0.4) is 0 Å². The fraction of sp³-hybridized carbons (Fsp3) is 0.192. The first kappa shape index (κ1) is 24.9. The van der Waals surface area contributed by atoms with Gasteiger partial charge in [0.1, 0.15) is 6.10 Å². The van der Waals surface area contributed by atoms with Gasteiger partial charge in [0.25, 0.3) is 5.91 Å². The molecule has 0 saturated heterocycles. The Bertz CT molecular complexity index is 1550. The number of carbonyl (C=O) groups is 1. The maximum absolute atomic E-state index is 12.8. The van der Waals surface area contributed by atoms with E-state index in [1.165, 1.54) is 6.07 Å². The van der Waals surface area contributed by atoms with Crippen molar-refractivity contribution in [1.82, 2.24) is 14.8 Å². The van der Waals surface area contributed by atoms with Crippen molar-refractivity contribution >= 4 is 27.2 Å². The molecule has 0 saturated carbocycles. The van der Waals surface area contributed by atoms with Gasteiger partial charge in [-0.05, 0) is 55.3 Å². The Hall–Kier alpha value is -4.18. The number of hydrogen-bond donors (Lipinski definition) is 2. The van der Waals surface area contributed by atoms with E-state index in [2.05, 4.69) is 15.4 Å². The first-order chi connectivity index (χ1) is 17.0. The summed E-state index contributed by atoms with van der Waals surface area (Å²) in [6.07, 6.45) is 6.00. The lowest BCUT2D eigenvalue weighted by atomic mass is 10.1. The summed E-state index contributed by atoms with van der Waals surface area (Å²) in [6.45, 7) is 3.56. The van der Waals surface area contributed by atoms with Gasteiger partial charge >= 0.3 is 0 Å². The average Bonchev–Trinajstić information content (AvgIpc) is 3.26. The van der Waals surface area contributed by atoms with Crippen molar-refractivity contribution in [3.05, 3.63) is 83.8 Å². The highest BCUT2D eigenvalue weighted by Gasteiger charge is 2.16. The molecule has 0 aliphatic rings. The lowest BCUT2D eigenvalue weighted by Crippen LogP contribution is -2.14. The first-order valence-electron chi connectivity index (χ1n) is 11.1. The van der Waals surface area contributed by atoms with Gasteiger partial charge in [-0.2, -0.15) is 5.10 Å². The minimum Gasteiger partial charge on any atom is -0.482 e. The monoisotopic (exact) mass is 505 g/mol. The summed E-state index contributed by atoms with van der Waals surface area (Å²) in [7, 11) is -1.61. The second kappa shape index (κ2) is 9.82. The molecule has 0 fully saturated rings. The number of nitrogens with zero attached hydrogens (tertiary/aromatic N) is 3. The molecule has 186 valence electrons. The van der Waals surface area contributed by atoms with Crippen LogP contribution in [0, 0.1) is 6.92 Å². The fourth-order valence-corrected chi connectivity index (χ4v) is 4.74. The maximum atomic E-state index is 12.8. The van der Waals surface area contributed by atoms with E-state index >= 15 is 0 Å². The molecule has 9 nitrogen and oxygen atoms in total. The Morgan fingerprint density at radius 3 is 2.58 bits per heavy atom. The van der Waals surface area contributed by atoms with Crippen molar-refractivity contribution in [3.63, 3.8) is 0 Å². The van der Waals surface area contributed by atoms with Gasteiger partial charge in [-0.3, -0.25) is 9.48 Å². The Morgan fingerprint density at radius 2 is 1.89 bits per heavy atom. The van der Waals surface area contributed by atoms with E-state index in [4.69, 9.17) is 10.5 Å². The van der Waals surface area contributed by atoms with Gasteiger partial charge in [-0.1, -0.05) is 18.2 Å². The van der Waals surface area contributed by atoms with Crippen LogP contribution in [0.1, 0.15) is 34.5 Å². The van der Waals surface area contributed by atoms with Crippen molar-refractivity contribution in [2.75, 3.05) is 17.3 Å². The van der Waals surface area contributed by atoms with E-state index in [0.29, 0.717) is 17.0 Å². The van der Waals surface area contributed by atoms with Crippen molar-refractivity contribution in [2.45, 2.75) is 24.8 Å². The van der Waals surface area contributed by atoms with Crippen LogP contribution in [0.15, 0.2) is 72.0 Å². The quantitative estimate of drug-likeness (QED) is 0.386. The molecule has 4 aromatic rings. The Kier molecular flexibility index (Phi) is 6.80. The topological polar surface area (TPSA) is 129 Å². The van der Waals surface area contributed by atoms with Gasteiger partial charge in [-0.15, -0.1) is 0 Å². The number of pyridine rings is 1.